The summed E-state index contributed by atoms with van der Waals surface area (Å²) in [6, 6.07) is 19.6. The molecular weight excluding hydrogens is 438 g/mol. The molecule has 1 N–H and O–H groups in total. The average Bonchev–Trinajstić information content (AvgIpc) is 3.23. The van der Waals surface area contributed by atoms with Gasteiger partial charge in [-0.25, -0.2) is 4.98 Å². The number of aromatic nitrogens is 2. The first kappa shape index (κ1) is 23.4. The number of nitriles is 1. The Hall–Kier alpha value is -3.25. The van der Waals surface area contributed by atoms with E-state index in [4.69, 9.17) is 5.26 Å². The second-order valence-electron chi connectivity index (χ2n) is 6.74. The highest BCUT2D eigenvalue weighted by molar-refractivity contribution is 7.96. The van der Waals surface area contributed by atoms with Crippen LogP contribution in [0, 0.1) is 18.3 Å². The Morgan fingerprint density at radius 1 is 1.22 bits per heavy atom. The average molecular weight is 462 g/mol. The molecule has 0 aliphatic rings. The van der Waals surface area contributed by atoms with Crippen LogP contribution in [0.25, 0.3) is 10.9 Å². The first-order valence-corrected chi connectivity index (χ1v) is 11.9. The first-order chi connectivity index (χ1) is 15.6. The number of hydrogen-bond donors (Lipinski definition) is 1. The monoisotopic (exact) mass is 461 g/mol. The number of carbonyl (C=O) groups is 1. The van der Waals surface area contributed by atoms with E-state index in [9.17, 15) is 4.79 Å². The number of anilines is 2. The van der Waals surface area contributed by atoms with E-state index in [0.717, 1.165) is 38.4 Å². The topological polar surface area (TPSA) is 81.9 Å². The zero-order valence-electron chi connectivity index (χ0n) is 18.1. The third-order valence-corrected chi connectivity index (χ3v) is 6.10. The Labute approximate surface area is 196 Å². The van der Waals surface area contributed by atoms with Gasteiger partial charge in [0.05, 0.1) is 23.7 Å². The van der Waals surface area contributed by atoms with E-state index in [2.05, 4.69) is 31.7 Å². The standard InChI is InChI=1S/C22H16N4OS.C2H7NS/c1-15-21(14-27)25-22(28-15)26(19-7-4-16(12-23)5-8-19)13-17-6-9-20-18(11-17)3-2-10-24-20;1-3-4-2/h2-11,14H,13H2,1H3;3H,1-2H3. The van der Waals surface area contributed by atoms with Gasteiger partial charge in [-0.1, -0.05) is 24.1 Å². The Balaban J connectivity index is 0.000000668. The van der Waals surface area contributed by atoms with E-state index in [1.54, 1.807) is 30.3 Å². The van der Waals surface area contributed by atoms with Crippen molar-refractivity contribution in [3.8, 4) is 6.07 Å². The van der Waals surface area contributed by atoms with Crippen molar-refractivity contribution in [1.82, 2.24) is 14.7 Å². The van der Waals surface area contributed by atoms with Gasteiger partial charge in [0.25, 0.3) is 0 Å². The number of carbonyl (C=O) groups excluding carboxylic acids is 1. The molecule has 0 aliphatic heterocycles. The summed E-state index contributed by atoms with van der Waals surface area (Å²) in [5.41, 5.74) is 4.03. The third-order valence-electron chi connectivity index (χ3n) is 4.68. The molecule has 8 heteroatoms. The SMILES string of the molecule is CNSC.Cc1sc(N(Cc2ccc3ncccc3c2)c2ccc(C#N)cc2)nc1C=O. The van der Waals surface area contributed by atoms with Crippen LogP contribution in [-0.4, -0.2) is 29.6 Å². The second kappa shape index (κ2) is 11.4. The van der Waals surface area contributed by atoms with Crippen LogP contribution in [0.2, 0.25) is 0 Å². The lowest BCUT2D eigenvalue weighted by atomic mass is 10.1. The first-order valence-electron chi connectivity index (χ1n) is 9.83. The summed E-state index contributed by atoms with van der Waals surface area (Å²) in [6.07, 6.45) is 4.55. The maximum absolute atomic E-state index is 11.3. The van der Waals surface area contributed by atoms with E-state index >= 15 is 0 Å². The summed E-state index contributed by atoms with van der Waals surface area (Å²) < 4.78 is 2.85. The van der Waals surface area contributed by atoms with Gasteiger partial charge in [0.15, 0.2) is 11.4 Å². The van der Waals surface area contributed by atoms with Gasteiger partial charge in [0.1, 0.15) is 5.69 Å². The van der Waals surface area contributed by atoms with E-state index in [1.807, 2.05) is 56.6 Å². The van der Waals surface area contributed by atoms with Crippen LogP contribution < -0.4 is 9.62 Å². The largest absolute Gasteiger partial charge is 0.313 e. The lowest BCUT2D eigenvalue weighted by Crippen LogP contribution is -2.16. The molecule has 0 saturated heterocycles. The third kappa shape index (κ3) is 5.71. The fourth-order valence-electron chi connectivity index (χ4n) is 3.01. The Kier molecular flexibility index (Phi) is 8.34. The van der Waals surface area contributed by atoms with Gasteiger partial charge < -0.3 is 4.90 Å². The van der Waals surface area contributed by atoms with Crippen molar-refractivity contribution in [2.45, 2.75) is 13.5 Å². The molecule has 162 valence electrons. The summed E-state index contributed by atoms with van der Waals surface area (Å²) in [5, 5.41) is 10.9. The van der Waals surface area contributed by atoms with Gasteiger partial charge in [-0.3, -0.25) is 14.5 Å². The number of pyridine rings is 1. The van der Waals surface area contributed by atoms with Crippen molar-refractivity contribution < 1.29 is 4.79 Å². The zero-order chi connectivity index (χ0) is 22.9. The summed E-state index contributed by atoms with van der Waals surface area (Å²) in [4.78, 5) is 23.1. The molecule has 2 aromatic carbocycles. The van der Waals surface area contributed by atoms with Gasteiger partial charge >= 0.3 is 0 Å². The molecule has 32 heavy (non-hydrogen) atoms. The van der Waals surface area contributed by atoms with Gasteiger partial charge in [-0.15, -0.1) is 11.3 Å². The van der Waals surface area contributed by atoms with Crippen LogP contribution in [-0.2, 0) is 6.54 Å². The minimum Gasteiger partial charge on any atom is -0.313 e. The molecule has 0 fully saturated rings. The predicted octanol–water partition coefficient (Wildman–Crippen LogP) is 5.51. The molecule has 4 aromatic rings. The zero-order valence-corrected chi connectivity index (χ0v) is 19.7. The van der Waals surface area contributed by atoms with Crippen molar-refractivity contribution in [3.63, 3.8) is 0 Å². The summed E-state index contributed by atoms with van der Waals surface area (Å²) in [5.74, 6) is 0. The van der Waals surface area contributed by atoms with Crippen molar-refractivity contribution in [3.05, 3.63) is 82.5 Å². The molecule has 0 spiro atoms. The Morgan fingerprint density at radius 3 is 2.59 bits per heavy atom. The van der Waals surface area contributed by atoms with E-state index < -0.39 is 0 Å². The highest BCUT2D eigenvalue weighted by Crippen LogP contribution is 2.33. The lowest BCUT2D eigenvalue weighted by molar-refractivity contribution is 0.111. The number of hydrogen-bond acceptors (Lipinski definition) is 8. The number of benzene rings is 2. The molecule has 0 atom stereocenters. The molecule has 0 radical (unpaired) electrons. The maximum atomic E-state index is 11.3. The van der Waals surface area contributed by atoms with Crippen molar-refractivity contribution >= 4 is 51.3 Å². The number of nitrogens with zero attached hydrogens (tertiary/aromatic N) is 4. The number of rotatable bonds is 6. The minimum atomic E-state index is 0.460. The number of aryl methyl sites for hydroxylation is 1. The molecule has 0 aliphatic carbocycles. The van der Waals surface area contributed by atoms with E-state index in [0.29, 0.717) is 17.8 Å². The fraction of sp³-hybridized carbons (Fsp3) is 0.167. The maximum Gasteiger partial charge on any atom is 0.191 e. The lowest BCUT2D eigenvalue weighted by Gasteiger charge is -2.22. The van der Waals surface area contributed by atoms with Gasteiger partial charge in [-0.2, -0.15) is 5.26 Å². The number of aldehydes is 1. The van der Waals surface area contributed by atoms with Gasteiger partial charge in [0.2, 0.25) is 0 Å². The summed E-state index contributed by atoms with van der Waals surface area (Å²) in [7, 11) is 1.89. The van der Waals surface area contributed by atoms with Crippen LogP contribution in [0.1, 0.15) is 26.5 Å². The number of thiazole rings is 1. The van der Waals surface area contributed by atoms with Crippen LogP contribution in [0.5, 0.6) is 0 Å². The molecule has 4 rings (SSSR count). The molecule has 0 bridgehead atoms. The molecular formula is C24H23N5OS2. The van der Waals surface area contributed by atoms with E-state index in [1.165, 1.54) is 11.3 Å². The Morgan fingerprint density at radius 2 is 1.97 bits per heavy atom. The minimum absolute atomic E-state index is 0.460. The van der Waals surface area contributed by atoms with Crippen molar-refractivity contribution in [2.24, 2.45) is 0 Å². The molecule has 0 saturated carbocycles. The number of fused-ring (bicyclic) bond motifs is 1. The molecule has 0 unspecified atom stereocenters. The highest BCUT2D eigenvalue weighted by atomic mass is 32.2. The molecule has 0 amide bonds. The van der Waals surface area contributed by atoms with Crippen molar-refractivity contribution in [2.75, 3.05) is 18.2 Å². The van der Waals surface area contributed by atoms with Crippen LogP contribution >= 0.6 is 23.3 Å². The van der Waals surface area contributed by atoms with Crippen LogP contribution in [0.15, 0.2) is 60.8 Å². The molecule has 6 nitrogen and oxygen atoms in total. The van der Waals surface area contributed by atoms with Crippen LogP contribution in [0.3, 0.4) is 0 Å². The fourth-order valence-corrected chi connectivity index (χ4v) is 3.91. The highest BCUT2D eigenvalue weighted by Gasteiger charge is 2.17. The summed E-state index contributed by atoms with van der Waals surface area (Å²) in [6.45, 7) is 2.48. The summed E-state index contributed by atoms with van der Waals surface area (Å²) >= 11 is 3.09. The molecule has 2 aromatic heterocycles. The quantitative estimate of drug-likeness (QED) is 0.300. The molecule has 2 heterocycles. The smallest absolute Gasteiger partial charge is 0.191 e. The predicted molar refractivity (Wildman–Crippen MR) is 134 cm³/mol. The number of nitrogens with one attached hydrogen (secondary N) is 1. The second-order valence-corrected chi connectivity index (χ2v) is 8.74. The Bertz CT molecular complexity index is 1230. The normalized spacial score (nSPS) is 10.2. The van der Waals surface area contributed by atoms with Gasteiger partial charge in [0, 0.05) is 22.1 Å². The van der Waals surface area contributed by atoms with Crippen molar-refractivity contribution in [1.29, 1.82) is 5.26 Å². The van der Waals surface area contributed by atoms with Gasteiger partial charge in [-0.05, 0) is 68.3 Å². The van der Waals surface area contributed by atoms with E-state index in [-0.39, 0.29) is 0 Å². The van der Waals surface area contributed by atoms with Crippen LogP contribution in [0.4, 0.5) is 10.8 Å².